The molecule has 0 unspecified atom stereocenters. The molecule has 0 radical (unpaired) electrons. The molecular weight excluding hydrogens is 995 g/mol. The van der Waals surface area contributed by atoms with Crippen LogP contribution in [0, 0.1) is 0 Å². The van der Waals surface area contributed by atoms with Gasteiger partial charge in [0.05, 0.1) is 5.69 Å². The van der Waals surface area contributed by atoms with Crippen molar-refractivity contribution < 1.29 is 8.83 Å². The van der Waals surface area contributed by atoms with E-state index in [2.05, 4.69) is 286 Å². The Bertz CT molecular complexity index is 4800. The predicted octanol–water partition coefficient (Wildman–Crippen LogP) is 22.2. The highest BCUT2D eigenvalue weighted by Gasteiger charge is 2.49. The molecule has 0 atom stereocenters. The lowest BCUT2D eigenvalue weighted by Crippen LogP contribution is -2.24. The van der Waals surface area contributed by atoms with Crippen LogP contribution >= 0.6 is 0 Å². The topological polar surface area (TPSA) is 29.5 Å². The lowest BCUT2D eigenvalue weighted by atomic mass is 9.72. The van der Waals surface area contributed by atoms with Crippen LogP contribution in [0.25, 0.3) is 111 Å². The van der Waals surface area contributed by atoms with Crippen LogP contribution in [0.1, 0.15) is 101 Å². The Morgan fingerprint density at radius 3 is 1.43 bits per heavy atom. The molecule has 3 aliphatic rings. The summed E-state index contributed by atoms with van der Waals surface area (Å²) in [4.78, 5) is 2.58. The van der Waals surface area contributed by atoms with E-state index < -0.39 is 10.8 Å². The molecule has 3 aliphatic carbocycles. The first kappa shape index (κ1) is 48.7. The molecule has 2 heterocycles. The summed E-state index contributed by atoms with van der Waals surface area (Å²) < 4.78 is 14.2. The first-order chi connectivity index (χ1) is 39.6. The third kappa shape index (κ3) is 6.59. The van der Waals surface area contributed by atoms with Crippen molar-refractivity contribution in [2.75, 3.05) is 4.90 Å². The Balaban J connectivity index is 0.969. The van der Waals surface area contributed by atoms with Crippen molar-refractivity contribution >= 4 is 60.9 Å². The largest absolute Gasteiger partial charge is 0.455 e. The summed E-state index contributed by atoms with van der Waals surface area (Å²) in [7, 11) is 0. The lowest BCUT2D eigenvalue weighted by molar-refractivity contribution is 0.591. The number of anilines is 3. The number of hydrogen-bond donors (Lipinski definition) is 0. The molecule has 3 heteroatoms. The number of rotatable bonds is 6. The fraction of sp³-hybridized carbons (Fsp3) is 0.165. The smallest absolute Gasteiger partial charge is 0.144 e. The summed E-state index contributed by atoms with van der Waals surface area (Å²) in [5.74, 6) is 0. The van der Waals surface area contributed by atoms with Gasteiger partial charge in [0.2, 0.25) is 0 Å². The van der Waals surface area contributed by atoms with Crippen LogP contribution in [0.4, 0.5) is 17.1 Å². The van der Waals surface area contributed by atoms with Gasteiger partial charge in [0, 0.05) is 71.4 Å². The van der Waals surface area contributed by atoms with Gasteiger partial charge in [-0.3, -0.25) is 0 Å². The predicted molar refractivity (Wildman–Crippen MR) is 343 cm³/mol. The van der Waals surface area contributed by atoms with Crippen molar-refractivity contribution in [2.45, 2.75) is 84.0 Å². The molecule has 0 bridgehead atoms. The van der Waals surface area contributed by atoms with Crippen molar-refractivity contribution in [3.05, 3.63) is 257 Å². The minimum atomic E-state index is -0.409. The number of para-hydroxylation sites is 3. The van der Waals surface area contributed by atoms with Crippen LogP contribution in [0.5, 0.6) is 0 Å². The first-order valence-corrected chi connectivity index (χ1v) is 29.2. The van der Waals surface area contributed by atoms with E-state index in [9.17, 15) is 0 Å². The summed E-state index contributed by atoms with van der Waals surface area (Å²) in [5, 5.41) is 4.70. The fourth-order valence-corrected chi connectivity index (χ4v) is 15.3. The van der Waals surface area contributed by atoms with Crippen molar-refractivity contribution in [3.8, 4) is 66.8 Å². The number of furan rings is 2. The number of fused-ring (bicyclic) bond motifs is 19. The number of hydrogen-bond acceptors (Lipinski definition) is 3. The van der Waals surface area contributed by atoms with E-state index in [1.54, 1.807) is 0 Å². The first-order valence-electron chi connectivity index (χ1n) is 29.2. The van der Waals surface area contributed by atoms with E-state index >= 15 is 0 Å². The Labute approximate surface area is 480 Å². The van der Waals surface area contributed by atoms with E-state index in [0.29, 0.717) is 0 Å². The molecule has 16 rings (SSSR count). The molecule has 3 nitrogen and oxygen atoms in total. The zero-order chi connectivity index (χ0) is 55.8. The molecule has 0 N–H and O–H groups in total. The average molecular weight is 1060 g/mol. The van der Waals surface area contributed by atoms with Crippen LogP contribution in [0.3, 0.4) is 0 Å². The quantitative estimate of drug-likeness (QED) is 0.166. The molecular formula is C79H63NO2. The van der Waals surface area contributed by atoms with Crippen LogP contribution in [-0.4, -0.2) is 0 Å². The molecule has 0 aliphatic heterocycles. The summed E-state index contributed by atoms with van der Waals surface area (Å²) in [6.07, 6.45) is 0. The Hall–Kier alpha value is -9.18. The van der Waals surface area contributed by atoms with Gasteiger partial charge in [-0.15, -0.1) is 0 Å². The highest BCUT2D eigenvalue weighted by atomic mass is 16.3. The second-order valence-electron chi connectivity index (χ2n) is 25.9. The summed E-state index contributed by atoms with van der Waals surface area (Å²) >= 11 is 0. The van der Waals surface area contributed by atoms with Crippen LogP contribution < -0.4 is 4.90 Å². The SMILES string of the molecule is CC(C)(C)c1ccccc1-c1cc2c(c3c1oc1ccccc13)-c1ccc(N(c3ccc4c(c3)C(C)(C)c3c5c(c6c(oc7ccccc76)c3-4)-c3ccccc3C5(C)C)c3c(-c4ccccc4)cccc3-c3ccccc3)cc1C2(C)C. The molecule has 0 amide bonds. The summed E-state index contributed by atoms with van der Waals surface area (Å²) in [5.41, 5.74) is 29.8. The van der Waals surface area contributed by atoms with Gasteiger partial charge in [0.1, 0.15) is 22.3 Å². The maximum Gasteiger partial charge on any atom is 0.144 e. The summed E-state index contributed by atoms with van der Waals surface area (Å²) in [6.45, 7) is 21.6. The van der Waals surface area contributed by atoms with E-state index in [1.807, 2.05) is 0 Å². The summed E-state index contributed by atoms with van der Waals surface area (Å²) in [6, 6.07) is 81.1. The van der Waals surface area contributed by atoms with Crippen LogP contribution in [0.15, 0.2) is 227 Å². The van der Waals surface area contributed by atoms with Crippen molar-refractivity contribution in [2.24, 2.45) is 0 Å². The van der Waals surface area contributed by atoms with E-state index in [4.69, 9.17) is 8.83 Å². The van der Waals surface area contributed by atoms with Crippen molar-refractivity contribution in [3.63, 3.8) is 0 Å². The number of nitrogens with zero attached hydrogens (tertiary/aromatic N) is 1. The number of benzene rings is 11. The Morgan fingerprint density at radius 1 is 0.341 bits per heavy atom. The molecule has 396 valence electrons. The van der Waals surface area contributed by atoms with Gasteiger partial charge in [-0.2, -0.15) is 0 Å². The van der Waals surface area contributed by atoms with Gasteiger partial charge in [-0.25, -0.2) is 0 Å². The molecule has 2 aromatic heterocycles. The van der Waals surface area contributed by atoms with Gasteiger partial charge in [0.25, 0.3) is 0 Å². The minimum absolute atomic E-state index is 0.0862. The zero-order valence-electron chi connectivity index (χ0n) is 48.0. The molecule has 13 aromatic rings. The standard InChI is InChI=1S/C79H63NO2/c1-76(2,3)59-35-20-16-29-52(59)58-45-63-66(68-56-31-18-22-37-64(56)81-74(58)68)54-41-39-48(43-61(54)77(63,4)5)80(73-50(46-25-12-10-13-26-46)33-24-34-51(73)47-27-14-11-15-28-47)49-40-42-55-62(44-49)79(8,9)72-70(55)75-69(57-32-19-23-38-65(57)82-75)67-53-30-17-21-36-60(53)78(6,7)71(67)72/h10-45H,1-9H3. The van der Waals surface area contributed by atoms with Crippen LogP contribution in [-0.2, 0) is 21.7 Å². The zero-order valence-corrected chi connectivity index (χ0v) is 48.0. The molecule has 82 heavy (non-hydrogen) atoms. The minimum Gasteiger partial charge on any atom is -0.455 e. The molecule has 0 saturated heterocycles. The molecule has 0 spiro atoms. The van der Waals surface area contributed by atoms with Crippen molar-refractivity contribution in [1.82, 2.24) is 0 Å². The van der Waals surface area contributed by atoms with E-state index in [0.717, 1.165) is 72.6 Å². The molecule has 11 aromatic carbocycles. The van der Waals surface area contributed by atoms with E-state index in [-0.39, 0.29) is 10.8 Å². The lowest BCUT2D eigenvalue weighted by Gasteiger charge is -2.33. The van der Waals surface area contributed by atoms with Gasteiger partial charge >= 0.3 is 0 Å². The Morgan fingerprint density at radius 2 is 0.805 bits per heavy atom. The molecule has 0 saturated carbocycles. The maximum absolute atomic E-state index is 7.17. The normalized spacial score (nSPS) is 14.9. The third-order valence-corrected chi connectivity index (χ3v) is 19.1. The second-order valence-corrected chi connectivity index (χ2v) is 25.9. The second kappa shape index (κ2) is 16.9. The highest BCUT2D eigenvalue weighted by molar-refractivity contribution is 6.22. The van der Waals surface area contributed by atoms with Gasteiger partial charge in [0.15, 0.2) is 0 Å². The molecule has 0 fully saturated rings. The van der Waals surface area contributed by atoms with Crippen molar-refractivity contribution in [1.29, 1.82) is 0 Å². The average Bonchev–Trinajstić information content (AvgIpc) is 1.92. The van der Waals surface area contributed by atoms with E-state index in [1.165, 1.54) is 94.0 Å². The van der Waals surface area contributed by atoms with Crippen LogP contribution in [0.2, 0.25) is 0 Å². The van der Waals surface area contributed by atoms with Gasteiger partial charge in [-0.1, -0.05) is 238 Å². The highest BCUT2D eigenvalue weighted by Crippen LogP contribution is 2.64. The maximum atomic E-state index is 7.17. The van der Waals surface area contributed by atoms with Gasteiger partial charge < -0.3 is 13.7 Å². The third-order valence-electron chi connectivity index (χ3n) is 19.1. The monoisotopic (exact) mass is 1060 g/mol. The fourth-order valence-electron chi connectivity index (χ4n) is 15.3. The van der Waals surface area contributed by atoms with Gasteiger partial charge in [-0.05, 0) is 131 Å². The Kier molecular flexibility index (Phi) is 10.1.